The van der Waals surface area contributed by atoms with E-state index in [1.807, 2.05) is 6.92 Å². The van der Waals surface area contributed by atoms with Crippen LogP contribution in [0.3, 0.4) is 0 Å². The van der Waals surface area contributed by atoms with Crippen LogP contribution in [0.15, 0.2) is 0 Å². The van der Waals surface area contributed by atoms with E-state index >= 15 is 0 Å². The number of hydrogen-bond acceptors (Lipinski definition) is 7. The Labute approximate surface area is 158 Å². The molecule has 0 bridgehead atoms. The fourth-order valence-electron chi connectivity index (χ4n) is 1.80. The zero-order chi connectivity index (χ0) is 19.3. The average Bonchev–Trinajstić information content (AvgIpc) is 2.60. The van der Waals surface area contributed by atoms with Crippen molar-refractivity contribution in [3.63, 3.8) is 0 Å². The van der Waals surface area contributed by atoms with Gasteiger partial charge >= 0.3 is 0 Å². The van der Waals surface area contributed by atoms with Gasteiger partial charge in [0.15, 0.2) is 0 Å². The Kier molecular flexibility index (Phi) is 19.9. The first kappa shape index (κ1) is 25.2. The Morgan fingerprint density at radius 2 is 1.35 bits per heavy atom. The normalized spacial score (nSPS) is 11.2. The third-order valence-corrected chi connectivity index (χ3v) is 3.04. The molecular formula is C18H38N2O6. The number of nitrogens with one attached hydrogen (secondary N) is 2. The fourth-order valence-corrected chi connectivity index (χ4v) is 1.80. The summed E-state index contributed by atoms with van der Waals surface area (Å²) in [4.78, 5) is 11.2. The SMILES string of the molecule is CCNC(=O)CCOCCOCCOCCOCCNCOCC(C)C. The first-order valence-corrected chi connectivity index (χ1v) is 9.53. The zero-order valence-electron chi connectivity index (χ0n) is 16.7. The van der Waals surface area contributed by atoms with Gasteiger partial charge in [-0.05, 0) is 12.8 Å². The van der Waals surface area contributed by atoms with Gasteiger partial charge in [-0.1, -0.05) is 13.8 Å². The molecule has 0 aromatic carbocycles. The van der Waals surface area contributed by atoms with Gasteiger partial charge in [-0.2, -0.15) is 0 Å². The van der Waals surface area contributed by atoms with Gasteiger partial charge in [0, 0.05) is 19.5 Å². The van der Waals surface area contributed by atoms with Crippen molar-refractivity contribution in [1.29, 1.82) is 0 Å². The van der Waals surface area contributed by atoms with Crippen molar-refractivity contribution in [3.05, 3.63) is 0 Å². The summed E-state index contributed by atoms with van der Waals surface area (Å²) in [5.74, 6) is 0.569. The Hall–Kier alpha value is -0.770. The second-order valence-corrected chi connectivity index (χ2v) is 6.06. The van der Waals surface area contributed by atoms with E-state index in [-0.39, 0.29) is 5.91 Å². The second kappa shape index (κ2) is 20.5. The van der Waals surface area contributed by atoms with E-state index in [1.54, 1.807) is 0 Å². The summed E-state index contributed by atoms with van der Waals surface area (Å²) >= 11 is 0. The number of rotatable bonds is 20. The highest BCUT2D eigenvalue weighted by Crippen LogP contribution is 1.90. The minimum absolute atomic E-state index is 0.0132. The lowest BCUT2D eigenvalue weighted by Gasteiger charge is -2.09. The molecule has 1 amide bonds. The third-order valence-electron chi connectivity index (χ3n) is 3.04. The Morgan fingerprint density at radius 1 is 0.808 bits per heavy atom. The van der Waals surface area contributed by atoms with Crippen molar-refractivity contribution >= 4 is 5.91 Å². The van der Waals surface area contributed by atoms with Gasteiger partial charge in [0.25, 0.3) is 0 Å². The molecule has 0 aromatic heterocycles. The Bertz CT molecular complexity index is 305. The van der Waals surface area contributed by atoms with Gasteiger partial charge in [0.2, 0.25) is 5.91 Å². The van der Waals surface area contributed by atoms with Crippen LogP contribution in [0.2, 0.25) is 0 Å². The number of carbonyl (C=O) groups excluding carboxylic acids is 1. The summed E-state index contributed by atoms with van der Waals surface area (Å²) in [6.07, 6.45) is 0.386. The maximum Gasteiger partial charge on any atom is 0.222 e. The van der Waals surface area contributed by atoms with Gasteiger partial charge in [-0.3, -0.25) is 10.1 Å². The van der Waals surface area contributed by atoms with Crippen LogP contribution < -0.4 is 10.6 Å². The van der Waals surface area contributed by atoms with E-state index in [4.69, 9.17) is 23.7 Å². The van der Waals surface area contributed by atoms with Crippen LogP contribution in [0, 0.1) is 5.92 Å². The molecule has 0 heterocycles. The van der Waals surface area contributed by atoms with Crippen LogP contribution in [0.5, 0.6) is 0 Å². The van der Waals surface area contributed by atoms with Crippen molar-refractivity contribution in [2.75, 3.05) is 79.3 Å². The molecule has 156 valence electrons. The van der Waals surface area contributed by atoms with Crippen LogP contribution in [-0.4, -0.2) is 85.2 Å². The molecule has 0 radical (unpaired) electrons. The molecule has 26 heavy (non-hydrogen) atoms. The minimum Gasteiger partial charge on any atom is -0.379 e. The second-order valence-electron chi connectivity index (χ2n) is 6.06. The molecule has 0 unspecified atom stereocenters. The molecule has 0 rings (SSSR count). The zero-order valence-corrected chi connectivity index (χ0v) is 16.7. The van der Waals surface area contributed by atoms with E-state index in [2.05, 4.69) is 24.5 Å². The predicted octanol–water partition coefficient (Wildman–Crippen LogP) is 0.799. The van der Waals surface area contributed by atoms with Crippen molar-refractivity contribution in [1.82, 2.24) is 10.6 Å². The molecule has 0 aliphatic carbocycles. The molecule has 0 aliphatic heterocycles. The predicted molar refractivity (Wildman–Crippen MR) is 100 cm³/mol. The summed E-state index contributed by atoms with van der Waals surface area (Å²) in [6, 6.07) is 0. The molecule has 0 spiro atoms. The van der Waals surface area contributed by atoms with Crippen LogP contribution in [0.1, 0.15) is 27.2 Å². The van der Waals surface area contributed by atoms with Crippen molar-refractivity contribution in [3.8, 4) is 0 Å². The summed E-state index contributed by atoms with van der Waals surface area (Å²) in [5, 5.41) is 5.87. The summed E-state index contributed by atoms with van der Waals surface area (Å²) in [7, 11) is 0. The van der Waals surface area contributed by atoms with Crippen molar-refractivity contribution in [2.45, 2.75) is 27.2 Å². The number of amides is 1. The van der Waals surface area contributed by atoms with Gasteiger partial charge in [0.05, 0.1) is 66.2 Å². The maximum atomic E-state index is 11.2. The van der Waals surface area contributed by atoms with Crippen LogP contribution in [0.25, 0.3) is 0 Å². The van der Waals surface area contributed by atoms with Crippen LogP contribution in [-0.2, 0) is 28.5 Å². The molecule has 2 N–H and O–H groups in total. The lowest BCUT2D eigenvalue weighted by atomic mass is 10.2. The quantitative estimate of drug-likeness (QED) is 0.239. The molecule has 0 aromatic rings. The van der Waals surface area contributed by atoms with Gasteiger partial charge in [-0.25, -0.2) is 0 Å². The summed E-state index contributed by atoms with van der Waals surface area (Å²) in [5.41, 5.74) is 0. The topological polar surface area (TPSA) is 87.3 Å². The van der Waals surface area contributed by atoms with Gasteiger partial charge in [0.1, 0.15) is 0 Å². The molecular weight excluding hydrogens is 340 g/mol. The van der Waals surface area contributed by atoms with Gasteiger partial charge < -0.3 is 29.0 Å². The van der Waals surface area contributed by atoms with E-state index in [9.17, 15) is 4.79 Å². The highest BCUT2D eigenvalue weighted by molar-refractivity contribution is 5.75. The molecule has 8 nitrogen and oxygen atoms in total. The smallest absolute Gasteiger partial charge is 0.222 e. The first-order valence-electron chi connectivity index (χ1n) is 9.53. The first-order chi connectivity index (χ1) is 12.7. The van der Waals surface area contributed by atoms with E-state index in [0.717, 1.165) is 13.2 Å². The molecule has 8 heteroatoms. The Balaban J connectivity index is 3.04. The largest absolute Gasteiger partial charge is 0.379 e. The lowest BCUT2D eigenvalue weighted by Crippen LogP contribution is -2.24. The molecule has 0 fully saturated rings. The highest BCUT2D eigenvalue weighted by Gasteiger charge is 1.98. The monoisotopic (exact) mass is 378 g/mol. The number of hydrogen-bond donors (Lipinski definition) is 2. The average molecular weight is 379 g/mol. The van der Waals surface area contributed by atoms with E-state index in [1.165, 1.54) is 0 Å². The fraction of sp³-hybridized carbons (Fsp3) is 0.944. The number of carbonyl (C=O) groups is 1. The van der Waals surface area contributed by atoms with E-state index in [0.29, 0.717) is 78.5 Å². The maximum absolute atomic E-state index is 11.2. The summed E-state index contributed by atoms with van der Waals surface area (Å²) < 4.78 is 26.9. The molecule has 0 saturated heterocycles. The van der Waals surface area contributed by atoms with Crippen molar-refractivity contribution < 1.29 is 28.5 Å². The standard InChI is InChI=1S/C18H38N2O6/c1-4-20-18(21)5-7-22-9-11-24-13-14-25-12-10-23-8-6-19-16-26-15-17(2)3/h17,19H,4-16H2,1-3H3,(H,20,21). The van der Waals surface area contributed by atoms with Crippen LogP contribution >= 0.6 is 0 Å². The van der Waals surface area contributed by atoms with E-state index < -0.39 is 0 Å². The van der Waals surface area contributed by atoms with Gasteiger partial charge in [-0.15, -0.1) is 0 Å². The molecule has 0 atom stereocenters. The summed E-state index contributed by atoms with van der Waals surface area (Å²) in [6.45, 7) is 13.1. The number of ether oxygens (including phenoxy) is 5. The third kappa shape index (κ3) is 21.3. The minimum atomic E-state index is 0.0132. The highest BCUT2D eigenvalue weighted by atomic mass is 16.6. The van der Waals surface area contributed by atoms with Crippen LogP contribution in [0.4, 0.5) is 0 Å². The lowest BCUT2D eigenvalue weighted by molar-refractivity contribution is -0.122. The molecule has 0 aliphatic rings. The Morgan fingerprint density at radius 3 is 1.88 bits per heavy atom. The molecule has 0 saturated carbocycles. The van der Waals surface area contributed by atoms with Crippen molar-refractivity contribution in [2.24, 2.45) is 5.92 Å².